The second kappa shape index (κ2) is 9.63. The lowest BCUT2D eigenvalue weighted by molar-refractivity contribution is 0.101. The van der Waals surface area contributed by atoms with E-state index in [2.05, 4.69) is 28.8 Å². The third-order valence-corrected chi connectivity index (χ3v) is 6.52. The summed E-state index contributed by atoms with van der Waals surface area (Å²) in [5.74, 6) is 1.80. The molecule has 0 amide bonds. The van der Waals surface area contributed by atoms with Gasteiger partial charge in [0.2, 0.25) is 0 Å². The zero-order chi connectivity index (χ0) is 22.7. The number of ketones is 1. The molecule has 0 radical (unpaired) electrons. The number of hydrogen-bond donors (Lipinski definition) is 1. The van der Waals surface area contributed by atoms with E-state index >= 15 is 0 Å². The van der Waals surface area contributed by atoms with E-state index in [4.69, 9.17) is 0 Å². The zero-order valence-corrected chi connectivity index (χ0v) is 19.5. The summed E-state index contributed by atoms with van der Waals surface area (Å²) < 4.78 is 2.18. The minimum absolute atomic E-state index is 0.0191. The zero-order valence-electron chi connectivity index (χ0n) is 18.7. The van der Waals surface area contributed by atoms with Gasteiger partial charge in [0.05, 0.1) is 5.52 Å². The van der Waals surface area contributed by atoms with Gasteiger partial charge in [-0.15, -0.1) is 0 Å². The molecule has 0 spiro atoms. The van der Waals surface area contributed by atoms with Gasteiger partial charge in [-0.25, -0.2) is 0 Å². The maximum Gasteiger partial charge on any atom is 0.162 e. The molecule has 0 saturated heterocycles. The number of thioether (sulfide) groups is 1. The van der Waals surface area contributed by atoms with Crippen molar-refractivity contribution in [2.24, 2.45) is 0 Å². The topological polar surface area (TPSA) is 45.5 Å². The minimum atomic E-state index is 0.0191. The molecule has 4 aromatic rings. The Labute approximate surface area is 193 Å². The van der Waals surface area contributed by atoms with Crippen LogP contribution in [0.1, 0.15) is 34.1 Å². The van der Waals surface area contributed by atoms with Crippen molar-refractivity contribution >= 4 is 28.4 Å². The van der Waals surface area contributed by atoms with Gasteiger partial charge in [-0.1, -0.05) is 48.5 Å². The number of carbonyl (C=O) groups is 1. The summed E-state index contributed by atoms with van der Waals surface area (Å²) in [7, 11) is 3.94. The number of para-hydroxylation sites is 1. The second-order valence-electron chi connectivity index (χ2n) is 8.22. The summed E-state index contributed by atoms with van der Waals surface area (Å²) in [6, 6.07) is 24.2. The number of rotatable bonds is 8. The van der Waals surface area contributed by atoms with Crippen LogP contribution in [0.15, 0.2) is 72.8 Å². The molecule has 0 bridgehead atoms. The van der Waals surface area contributed by atoms with Crippen LogP contribution in [0.4, 0.5) is 0 Å². The predicted molar refractivity (Wildman–Crippen MR) is 134 cm³/mol. The first-order valence-electron chi connectivity index (χ1n) is 10.7. The number of fused-ring (bicyclic) bond motifs is 1. The highest BCUT2D eigenvalue weighted by Crippen LogP contribution is 2.38. The number of Topliss-reactive ketones (excluding diaryl/α,β-unsaturated/α-hetero) is 1. The molecule has 1 heterocycles. The fraction of sp³-hybridized carbons (Fsp3) is 0.222. The SMILES string of the molecule is CC(=O)c1c(CSCc2ccccc2)n(-c2ccccc2)c2ccc(O)c(CN(C)C)c12. The number of nitrogens with zero attached hydrogens (tertiary/aromatic N) is 2. The standard InChI is InChI=1S/C27H28N2O2S/c1-19(30)26-24(18-32-17-20-10-6-4-7-11-20)29(21-12-8-5-9-13-21)23-14-15-25(31)22(27(23)26)16-28(2)3/h4-15,31H,16-18H2,1-3H3. The maximum absolute atomic E-state index is 13.0. The van der Waals surface area contributed by atoms with E-state index in [1.54, 1.807) is 24.8 Å². The van der Waals surface area contributed by atoms with E-state index in [1.807, 2.05) is 61.5 Å². The number of phenols is 1. The van der Waals surface area contributed by atoms with Crippen molar-refractivity contribution < 1.29 is 9.90 Å². The predicted octanol–water partition coefficient (Wildman–Crippen LogP) is 6.03. The Morgan fingerprint density at radius 1 is 0.938 bits per heavy atom. The summed E-state index contributed by atoms with van der Waals surface area (Å²) in [5.41, 5.74) is 5.70. The van der Waals surface area contributed by atoms with Crippen LogP contribution in [-0.2, 0) is 18.1 Å². The van der Waals surface area contributed by atoms with Gasteiger partial charge < -0.3 is 14.6 Å². The van der Waals surface area contributed by atoms with Gasteiger partial charge >= 0.3 is 0 Å². The Morgan fingerprint density at radius 3 is 2.22 bits per heavy atom. The van der Waals surface area contributed by atoms with Gasteiger partial charge in [0.15, 0.2) is 5.78 Å². The molecule has 0 aliphatic heterocycles. The first-order chi connectivity index (χ1) is 15.5. The number of aromatic hydroxyl groups is 1. The van der Waals surface area contributed by atoms with E-state index in [1.165, 1.54) is 5.56 Å². The molecule has 0 unspecified atom stereocenters. The molecule has 0 aliphatic rings. The van der Waals surface area contributed by atoms with Crippen molar-refractivity contribution in [1.82, 2.24) is 9.47 Å². The Kier molecular flexibility index (Phi) is 6.68. The van der Waals surface area contributed by atoms with Crippen LogP contribution in [0, 0.1) is 0 Å². The Bertz CT molecular complexity index is 1230. The monoisotopic (exact) mass is 444 g/mol. The smallest absolute Gasteiger partial charge is 0.162 e. The fourth-order valence-electron chi connectivity index (χ4n) is 4.20. The molecule has 1 N–H and O–H groups in total. The van der Waals surface area contributed by atoms with Gasteiger partial charge in [-0.05, 0) is 50.8 Å². The Morgan fingerprint density at radius 2 is 1.59 bits per heavy atom. The number of benzene rings is 3. The van der Waals surface area contributed by atoms with Gasteiger partial charge in [0, 0.05) is 45.9 Å². The summed E-state index contributed by atoms with van der Waals surface area (Å²) in [6.45, 7) is 2.18. The second-order valence-corrected chi connectivity index (χ2v) is 9.21. The largest absolute Gasteiger partial charge is 0.508 e. The highest BCUT2D eigenvalue weighted by atomic mass is 32.2. The highest BCUT2D eigenvalue weighted by Gasteiger charge is 2.25. The molecule has 0 atom stereocenters. The molecule has 0 aliphatic carbocycles. The van der Waals surface area contributed by atoms with Crippen LogP contribution in [0.3, 0.4) is 0 Å². The van der Waals surface area contributed by atoms with Crippen molar-refractivity contribution in [3.8, 4) is 11.4 Å². The van der Waals surface area contributed by atoms with Crippen molar-refractivity contribution in [3.05, 3.63) is 95.2 Å². The molecular weight excluding hydrogens is 416 g/mol. The van der Waals surface area contributed by atoms with E-state index in [-0.39, 0.29) is 11.5 Å². The average Bonchev–Trinajstić information content (AvgIpc) is 3.11. The Balaban J connectivity index is 1.91. The first kappa shape index (κ1) is 22.2. The van der Waals surface area contributed by atoms with E-state index in [9.17, 15) is 9.90 Å². The van der Waals surface area contributed by atoms with E-state index in [0.29, 0.717) is 17.9 Å². The van der Waals surface area contributed by atoms with E-state index in [0.717, 1.165) is 33.6 Å². The molecule has 5 heteroatoms. The van der Waals surface area contributed by atoms with Crippen molar-refractivity contribution in [2.45, 2.75) is 25.0 Å². The number of aromatic nitrogens is 1. The third kappa shape index (κ3) is 4.45. The van der Waals surface area contributed by atoms with Crippen molar-refractivity contribution in [3.63, 3.8) is 0 Å². The molecular formula is C27H28N2O2S. The summed E-state index contributed by atoms with van der Waals surface area (Å²) in [5, 5.41) is 11.6. The molecule has 0 saturated carbocycles. The molecule has 4 nitrogen and oxygen atoms in total. The lowest BCUT2D eigenvalue weighted by atomic mass is 10.0. The van der Waals surface area contributed by atoms with E-state index < -0.39 is 0 Å². The van der Waals surface area contributed by atoms with Crippen LogP contribution >= 0.6 is 11.8 Å². The molecule has 0 fully saturated rings. The Hall–Kier alpha value is -3.02. The molecule has 4 rings (SSSR count). The lowest BCUT2D eigenvalue weighted by Gasteiger charge is -2.14. The average molecular weight is 445 g/mol. The minimum Gasteiger partial charge on any atom is -0.508 e. The first-order valence-corrected chi connectivity index (χ1v) is 11.8. The van der Waals surface area contributed by atoms with Gasteiger partial charge in [0.1, 0.15) is 5.75 Å². The summed E-state index contributed by atoms with van der Waals surface area (Å²) in [6.07, 6.45) is 0. The molecule has 164 valence electrons. The highest BCUT2D eigenvalue weighted by molar-refractivity contribution is 7.97. The quantitative estimate of drug-likeness (QED) is 0.337. The molecule has 3 aromatic carbocycles. The lowest BCUT2D eigenvalue weighted by Crippen LogP contribution is -2.11. The number of hydrogen-bond acceptors (Lipinski definition) is 4. The fourth-order valence-corrected chi connectivity index (χ4v) is 5.19. The van der Waals surface area contributed by atoms with Crippen molar-refractivity contribution in [2.75, 3.05) is 14.1 Å². The number of phenolic OH excluding ortho intramolecular Hbond substituents is 1. The van der Waals surface area contributed by atoms with Gasteiger partial charge in [-0.3, -0.25) is 4.79 Å². The third-order valence-electron chi connectivity index (χ3n) is 5.51. The normalized spacial score (nSPS) is 11.4. The van der Waals surface area contributed by atoms with Crippen LogP contribution in [-0.4, -0.2) is 34.5 Å². The molecule has 32 heavy (non-hydrogen) atoms. The van der Waals surface area contributed by atoms with Crippen LogP contribution in [0.25, 0.3) is 16.6 Å². The maximum atomic E-state index is 13.0. The van der Waals surface area contributed by atoms with Crippen LogP contribution < -0.4 is 0 Å². The summed E-state index contributed by atoms with van der Waals surface area (Å²) >= 11 is 1.79. The van der Waals surface area contributed by atoms with Gasteiger partial charge in [0.25, 0.3) is 0 Å². The van der Waals surface area contributed by atoms with Crippen LogP contribution in [0.2, 0.25) is 0 Å². The van der Waals surface area contributed by atoms with Crippen molar-refractivity contribution in [1.29, 1.82) is 0 Å². The van der Waals surface area contributed by atoms with Gasteiger partial charge in [-0.2, -0.15) is 11.8 Å². The summed E-state index contributed by atoms with van der Waals surface area (Å²) in [4.78, 5) is 15.0. The number of carbonyl (C=O) groups excluding carboxylic acids is 1. The van der Waals surface area contributed by atoms with Crippen LogP contribution in [0.5, 0.6) is 5.75 Å². The molecule has 1 aromatic heterocycles.